The van der Waals surface area contributed by atoms with E-state index in [-0.39, 0.29) is 11.8 Å². The molecule has 0 aromatic heterocycles. The molecule has 0 radical (unpaired) electrons. The second-order valence-corrected chi connectivity index (χ2v) is 6.42. The molecule has 6 rings (SSSR count). The Morgan fingerprint density at radius 1 is 0.800 bits per heavy atom. The van der Waals surface area contributed by atoms with Gasteiger partial charge in [0.25, 0.3) is 0 Å². The molecule has 4 atom stereocenters. The summed E-state index contributed by atoms with van der Waals surface area (Å²) < 4.78 is 0. The Balaban J connectivity index is 1.99. The average Bonchev–Trinajstić information content (AvgIpc) is 2.72. The first-order valence-electron chi connectivity index (χ1n) is 7.33. The summed E-state index contributed by atoms with van der Waals surface area (Å²) in [5.74, 6) is 0.0194. The van der Waals surface area contributed by atoms with Crippen molar-refractivity contribution >= 4 is 10.8 Å². The molecule has 100 valence electrons. The van der Waals surface area contributed by atoms with Crippen LogP contribution in [0.4, 0.5) is 0 Å². The first-order valence-corrected chi connectivity index (χ1v) is 7.33. The van der Waals surface area contributed by atoms with Gasteiger partial charge in [0.2, 0.25) is 0 Å². The lowest BCUT2D eigenvalue weighted by Gasteiger charge is -2.54. The predicted molar refractivity (Wildman–Crippen MR) is 77.1 cm³/mol. The predicted octanol–water partition coefficient (Wildman–Crippen LogP) is 2.82. The lowest BCUT2D eigenvalue weighted by Crippen LogP contribution is -2.59. The van der Waals surface area contributed by atoms with Crippen LogP contribution < -0.4 is 0 Å². The highest BCUT2D eigenvalue weighted by molar-refractivity contribution is 5.93. The molecule has 2 N–H and O–H groups in total. The zero-order valence-corrected chi connectivity index (χ0v) is 11.1. The zero-order chi connectivity index (χ0) is 13.5. The van der Waals surface area contributed by atoms with Crippen LogP contribution in [0.25, 0.3) is 10.8 Å². The third-order valence-electron chi connectivity index (χ3n) is 5.74. The van der Waals surface area contributed by atoms with Crippen LogP contribution in [0.15, 0.2) is 48.6 Å². The van der Waals surface area contributed by atoms with Gasteiger partial charge < -0.3 is 10.2 Å². The van der Waals surface area contributed by atoms with Gasteiger partial charge >= 0.3 is 0 Å². The Morgan fingerprint density at radius 2 is 1.30 bits per heavy atom. The molecule has 4 aliphatic rings. The fourth-order valence-electron chi connectivity index (χ4n) is 4.87. The van der Waals surface area contributed by atoms with Crippen LogP contribution in [-0.2, 0) is 11.2 Å². The summed E-state index contributed by atoms with van der Waals surface area (Å²) in [7, 11) is 0. The summed E-state index contributed by atoms with van der Waals surface area (Å²) in [5, 5.41) is 25.2. The van der Waals surface area contributed by atoms with E-state index in [0.717, 1.165) is 34.7 Å². The van der Waals surface area contributed by atoms with Crippen molar-refractivity contribution in [3.63, 3.8) is 0 Å². The van der Waals surface area contributed by atoms with E-state index in [2.05, 4.69) is 24.3 Å². The molecule has 2 heteroatoms. The van der Waals surface area contributed by atoms with Crippen LogP contribution in [0.3, 0.4) is 0 Å². The molecule has 2 aromatic rings. The van der Waals surface area contributed by atoms with E-state index in [1.807, 2.05) is 24.3 Å². The molecule has 0 spiro atoms. The maximum absolute atomic E-state index is 11.5. The van der Waals surface area contributed by atoms with E-state index in [1.54, 1.807) is 0 Å². The SMILES string of the molecule is OC12c3cccc4cccc(c34)[C@]1(O)[C@@H]1C=CC2CC1. The first-order chi connectivity index (χ1) is 9.67. The summed E-state index contributed by atoms with van der Waals surface area (Å²) in [6.07, 6.45) is 6.11. The Morgan fingerprint density at radius 3 is 1.75 bits per heavy atom. The number of aliphatic hydroxyl groups is 2. The summed E-state index contributed by atoms with van der Waals surface area (Å²) in [5.41, 5.74) is -0.499. The van der Waals surface area contributed by atoms with Crippen molar-refractivity contribution in [2.45, 2.75) is 24.0 Å². The lowest BCUT2D eigenvalue weighted by atomic mass is 9.56. The van der Waals surface area contributed by atoms with Crippen molar-refractivity contribution in [3.8, 4) is 0 Å². The van der Waals surface area contributed by atoms with Crippen LogP contribution in [-0.4, -0.2) is 10.2 Å². The molecular weight excluding hydrogens is 248 g/mol. The number of hydrogen-bond acceptors (Lipinski definition) is 2. The number of hydrogen-bond donors (Lipinski definition) is 2. The van der Waals surface area contributed by atoms with E-state index < -0.39 is 11.2 Å². The molecular formula is C18H16O2. The first kappa shape index (κ1) is 11.1. The van der Waals surface area contributed by atoms with Gasteiger partial charge in [0.05, 0.1) is 0 Å². The van der Waals surface area contributed by atoms with Gasteiger partial charge in [0.15, 0.2) is 0 Å². The number of fused-ring (bicyclic) bond motifs is 1. The highest BCUT2D eigenvalue weighted by Gasteiger charge is 2.66. The van der Waals surface area contributed by atoms with E-state index in [0.29, 0.717) is 0 Å². The quantitative estimate of drug-likeness (QED) is 0.718. The third-order valence-corrected chi connectivity index (χ3v) is 5.74. The topological polar surface area (TPSA) is 40.5 Å². The zero-order valence-electron chi connectivity index (χ0n) is 11.1. The monoisotopic (exact) mass is 264 g/mol. The Labute approximate surface area is 117 Å². The summed E-state index contributed by atoms with van der Waals surface area (Å²) >= 11 is 0. The standard InChI is InChI=1S/C18H16O2/c19-17-12-7-9-13(10-8-12)18(17,20)15-6-2-4-11-3-1-5-14(17)16(11)15/h1-7,9,12-13,19-20H,8,10H2/t12-,13?,17-,18?/m1/s1. The highest BCUT2D eigenvalue weighted by Crippen LogP contribution is 2.65. The van der Waals surface area contributed by atoms with Gasteiger partial charge in [-0.25, -0.2) is 0 Å². The van der Waals surface area contributed by atoms with Gasteiger partial charge in [-0.3, -0.25) is 0 Å². The molecule has 1 saturated carbocycles. The Kier molecular flexibility index (Phi) is 1.75. The fourth-order valence-corrected chi connectivity index (χ4v) is 4.87. The maximum Gasteiger partial charge on any atom is 0.130 e. The van der Waals surface area contributed by atoms with Gasteiger partial charge in [0, 0.05) is 11.8 Å². The number of rotatable bonds is 0. The van der Waals surface area contributed by atoms with Crippen molar-refractivity contribution in [1.29, 1.82) is 0 Å². The van der Waals surface area contributed by atoms with E-state index in [4.69, 9.17) is 0 Å². The molecule has 0 aliphatic heterocycles. The molecule has 4 aliphatic carbocycles. The molecule has 2 unspecified atom stereocenters. The minimum Gasteiger partial charge on any atom is -0.381 e. The van der Waals surface area contributed by atoms with E-state index in [9.17, 15) is 10.2 Å². The minimum atomic E-state index is -1.16. The van der Waals surface area contributed by atoms with Gasteiger partial charge in [-0.1, -0.05) is 48.6 Å². The Hall–Kier alpha value is -1.64. The smallest absolute Gasteiger partial charge is 0.130 e. The van der Waals surface area contributed by atoms with Crippen molar-refractivity contribution < 1.29 is 10.2 Å². The summed E-state index contributed by atoms with van der Waals surface area (Å²) in [6, 6.07) is 12.1. The van der Waals surface area contributed by atoms with E-state index >= 15 is 0 Å². The van der Waals surface area contributed by atoms with Gasteiger partial charge in [-0.15, -0.1) is 0 Å². The van der Waals surface area contributed by atoms with Crippen molar-refractivity contribution in [2.24, 2.45) is 11.8 Å². The van der Waals surface area contributed by atoms with Crippen LogP contribution in [0.5, 0.6) is 0 Å². The van der Waals surface area contributed by atoms with E-state index in [1.165, 1.54) is 0 Å². The molecule has 1 fully saturated rings. The normalized spacial score (nSPS) is 40.3. The van der Waals surface area contributed by atoms with Gasteiger partial charge in [-0.05, 0) is 34.7 Å². The second kappa shape index (κ2) is 3.16. The molecule has 0 saturated heterocycles. The molecule has 2 bridgehead atoms. The molecule has 20 heavy (non-hydrogen) atoms. The lowest BCUT2D eigenvalue weighted by molar-refractivity contribution is -0.227. The van der Waals surface area contributed by atoms with Crippen LogP contribution in [0, 0.1) is 11.8 Å². The highest BCUT2D eigenvalue weighted by atomic mass is 16.4. The molecule has 0 amide bonds. The molecule has 2 aromatic carbocycles. The van der Waals surface area contributed by atoms with Gasteiger partial charge in [0.1, 0.15) is 11.2 Å². The Bertz CT molecular complexity index is 717. The maximum atomic E-state index is 11.5. The summed E-state index contributed by atoms with van der Waals surface area (Å²) in [6.45, 7) is 0. The fraction of sp³-hybridized carbons (Fsp3) is 0.333. The molecule has 0 heterocycles. The van der Waals surface area contributed by atoms with Crippen LogP contribution in [0.1, 0.15) is 24.0 Å². The minimum absolute atomic E-state index is 0.00972. The summed E-state index contributed by atoms with van der Waals surface area (Å²) in [4.78, 5) is 0. The van der Waals surface area contributed by atoms with Gasteiger partial charge in [-0.2, -0.15) is 0 Å². The third kappa shape index (κ3) is 0.904. The number of benzene rings is 2. The second-order valence-electron chi connectivity index (χ2n) is 6.42. The van der Waals surface area contributed by atoms with Crippen LogP contribution in [0.2, 0.25) is 0 Å². The van der Waals surface area contributed by atoms with Crippen LogP contribution >= 0.6 is 0 Å². The average molecular weight is 264 g/mol. The van der Waals surface area contributed by atoms with Crippen molar-refractivity contribution in [2.75, 3.05) is 0 Å². The molecule has 2 nitrogen and oxygen atoms in total. The largest absolute Gasteiger partial charge is 0.381 e. The van der Waals surface area contributed by atoms with Crippen molar-refractivity contribution in [1.82, 2.24) is 0 Å². The van der Waals surface area contributed by atoms with Crippen molar-refractivity contribution in [3.05, 3.63) is 59.7 Å².